The number of carboxylic acids is 1. The number of aliphatic carboxylic acids is 1. The van der Waals surface area contributed by atoms with Crippen molar-refractivity contribution in [2.45, 2.75) is 12.8 Å². The van der Waals surface area contributed by atoms with E-state index in [1.807, 2.05) is 11.9 Å². The number of ether oxygens (including phenoxy) is 2. The first-order chi connectivity index (χ1) is 7.60. The number of methoxy groups -OCH3 is 1. The molecule has 0 atom stereocenters. The number of hydrogen-bond donors (Lipinski definition) is 1. The van der Waals surface area contributed by atoms with Gasteiger partial charge >= 0.3 is 5.97 Å². The molecule has 1 N–H and O–H groups in total. The van der Waals surface area contributed by atoms with Gasteiger partial charge in [0, 0.05) is 33.4 Å². The number of nitrogens with zero attached hydrogens (tertiary/aromatic N) is 1. The second kappa shape index (κ2) is 6.18. The highest BCUT2D eigenvalue weighted by Crippen LogP contribution is 2.31. The van der Waals surface area contributed by atoms with E-state index in [0.29, 0.717) is 39.2 Å². The molecule has 0 amide bonds. The SMILES string of the molecule is COCCN(C)CC1(C(=O)O)CCOCC1. The fourth-order valence-electron chi connectivity index (χ4n) is 2.04. The Morgan fingerprint density at radius 1 is 1.50 bits per heavy atom. The molecule has 1 aliphatic rings. The molecular weight excluding hydrogens is 210 g/mol. The summed E-state index contributed by atoms with van der Waals surface area (Å²) in [6, 6.07) is 0. The van der Waals surface area contributed by atoms with Crippen molar-refractivity contribution in [2.75, 3.05) is 47.1 Å². The molecule has 1 rings (SSSR count). The first-order valence-corrected chi connectivity index (χ1v) is 5.59. The zero-order valence-corrected chi connectivity index (χ0v) is 10.1. The second-order valence-corrected chi connectivity index (χ2v) is 4.43. The van der Waals surface area contributed by atoms with Crippen LogP contribution in [-0.4, -0.2) is 63.0 Å². The van der Waals surface area contributed by atoms with Crippen LogP contribution in [-0.2, 0) is 14.3 Å². The van der Waals surface area contributed by atoms with E-state index >= 15 is 0 Å². The quantitative estimate of drug-likeness (QED) is 0.719. The summed E-state index contributed by atoms with van der Waals surface area (Å²) in [6.45, 7) is 3.04. The van der Waals surface area contributed by atoms with E-state index in [1.165, 1.54) is 0 Å². The van der Waals surface area contributed by atoms with Gasteiger partial charge in [0.25, 0.3) is 0 Å². The highest BCUT2D eigenvalue weighted by atomic mass is 16.5. The molecule has 0 spiro atoms. The van der Waals surface area contributed by atoms with E-state index in [-0.39, 0.29) is 0 Å². The highest BCUT2D eigenvalue weighted by molar-refractivity contribution is 5.75. The summed E-state index contributed by atoms with van der Waals surface area (Å²) in [5.41, 5.74) is -0.638. The van der Waals surface area contributed by atoms with Gasteiger partial charge in [-0.15, -0.1) is 0 Å². The maximum Gasteiger partial charge on any atom is 0.311 e. The van der Waals surface area contributed by atoms with Gasteiger partial charge in [-0.3, -0.25) is 4.79 Å². The Hall–Kier alpha value is -0.650. The third-order valence-corrected chi connectivity index (χ3v) is 3.15. The second-order valence-electron chi connectivity index (χ2n) is 4.43. The van der Waals surface area contributed by atoms with Gasteiger partial charge in [0.15, 0.2) is 0 Å². The van der Waals surface area contributed by atoms with Gasteiger partial charge in [0.1, 0.15) is 0 Å². The summed E-state index contributed by atoms with van der Waals surface area (Å²) in [7, 11) is 3.58. The van der Waals surface area contributed by atoms with Crippen LogP contribution >= 0.6 is 0 Å². The van der Waals surface area contributed by atoms with Crippen LogP contribution in [0.5, 0.6) is 0 Å². The Morgan fingerprint density at radius 2 is 2.12 bits per heavy atom. The van der Waals surface area contributed by atoms with Crippen LogP contribution in [0.1, 0.15) is 12.8 Å². The van der Waals surface area contributed by atoms with Crippen LogP contribution in [0.3, 0.4) is 0 Å². The zero-order valence-electron chi connectivity index (χ0n) is 10.1. The third kappa shape index (κ3) is 3.43. The molecule has 94 valence electrons. The predicted molar refractivity (Wildman–Crippen MR) is 59.5 cm³/mol. The lowest BCUT2D eigenvalue weighted by Gasteiger charge is -2.36. The van der Waals surface area contributed by atoms with E-state index in [0.717, 1.165) is 6.54 Å². The molecule has 16 heavy (non-hydrogen) atoms. The van der Waals surface area contributed by atoms with Gasteiger partial charge in [-0.25, -0.2) is 0 Å². The van der Waals surface area contributed by atoms with Crippen molar-refractivity contribution in [1.82, 2.24) is 4.90 Å². The van der Waals surface area contributed by atoms with Crippen LogP contribution in [0.4, 0.5) is 0 Å². The monoisotopic (exact) mass is 231 g/mol. The van der Waals surface area contributed by atoms with Crippen molar-refractivity contribution in [2.24, 2.45) is 5.41 Å². The maximum absolute atomic E-state index is 11.4. The maximum atomic E-state index is 11.4. The summed E-state index contributed by atoms with van der Waals surface area (Å²) in [6.07, 6.45) is 1.19. The largest absolute Gasteiger partial charge is 0.481 e. The standard InChI is InChI=1S/C11H21NO4/c1-12(5-8-15-2)9-11(10(13)14)3-6-16-7-4-11/h3-9H2,1-2H3,(H,13,14). The van der Waals surface area contributed by atoms with Gasteiger partial charge in [-0.05, 0) is 19.9 Å². The molecule has 1 fully saturated rings. The molecule has 0 aromatic heterocycles. The fraction of sp³-hybridized carbons (Fsp3) is 0.909. The van der Waals surface area contributed by atoms with Crippen LogP contribution in [0, 0.1) is 5.41 Å². The summed E-state index contributed by atoms with van der Waals surface area (Å²) in [5, 5.41) is 9.35. The van der Waals surface area contributed by atoms with Crippen molar-refractivity contribution < 1.29 is 19.4 Å². The Labute approximate surface area is 96.3 Å². The third-order valence-electron chi connectivity index (χ3n) is 3.15. The molecule has 0 aromatic carbocycles. The number of carbonyl (C=O) groups is 1. The van der Waals surface area contributed by atoms with Crippen LogP contribution in [0.2, 0.25) is 0 Å². The lowest BCUT2D eigenvalue weighted by Crippen LogP contribution is -2.46. The van der Waals surface area contributed by atoms with Gasteiger partial charge in [-0.1, -0.05) is 0 Å². The lowest BCUT2D eigenvalue weighted by atomic mass is 9.80. The molecule has 0 unspecified atom stereocenters. The summed E-state index contributed by atoms with van der Waals surface area (Å²) < 4.78 is 10.2. The van der Waals surface area contributed by atoms with E-state index in [9.17, 15) is 9.90 Å². The van der Waals surface area contributed by atoms with Gasteiger partial charge in [0.2, 0.25) is 0 Å². The van der Waals surface area contributed by atoms with Crippen molar-refractivity contribution >= 4 is 5.97 Å². The molecule has 1 heterocycles. The average Bonchev–Trinajstić information content (AvgIpc) is 2.27. The number of carboxylic acid groups (broad SMARTS) is 1. The molecule has 1 aliphatic heterocycles. The molecule has 0 aromatic rings. The molecule has 0 bridgehead atoms. The normalized spacial score (nSPS) is 19.9. The molecule has 5 heteroatoms. The molecule has 0 aliphatic carbocycles. The van der Waals surface area contributed by atoms with Crippen LogP contribution in [0.25, 0.3) is 0 Å². The predicted octanol–water partition coefficient (Wildman–Crippen LogP) is 0.446. The Bertz CT molecular complexity index is 226. The van der Waals surface area contributed by atoms with E-state index < -0.39 is 11.4 Å². The minimum Gasteiger partial charge on any atom is -0.481 e. The Kier molecular flexibility index (Phi) is 5.18. The van der Waals surface area contributed by atoms with Gasteiger partial charge in [0.05, 0.1) is 12.0 Å². The molecule has 5 nitrogen and oxygen atoms in total. The zero-order chi connectivity index (χ0) is 12.0. The van der Waals surface area contributed by atoms with E-state index in [1.54, 1.807) is 7.11 Å². The summed E-state index contributed by atoms with van der Waals surface area (Å²) in [4.78, 5) is 13.4. The van der Waals surface area contributed by atoms with E-state index in [4.69, 9.17) is 9.47 Å². The summed E-state index contributed by atoms with van der Waals surface area (Å²) >= 11 is 0. The number of hydrogen-bond acceptors (Lipinski definition) is 4. The van der Waals surface area contributed by atoms with Gasteiger partial charge < -0.3 is 19.5 Å². The van der Waals surface area contributed by atoms with Gasteiger partial charge in [-0.2, -0.15) is 0 Å². The smallest absolute Gasteiger partial charge is 0.311 e. The average molecular weight is 231 g/mol. The lowest BCUT2D eigenvalue weighted by molar-refractivity contribution is -0.156. The number of likely N-dealkylation sites (N-methyl/N-ethyl adjacent to an activating group) is 1. The van der Waals surface area contributed by atoms with Crippen LogP contribution in [0.15, 0.2) is 0 Å². The van der Waals surface area contributed by atoms with Crippen molar-refractivity contribution in [3.8, 4) is 0 Å². The Balaban J connectivity index is 2.53. The minimum absolute atomic E-state index is 0.546. The minimum atomic E-state index is -0.708. The molecule has 0 saturated carbocycles. The number of rotatable bonds is 6. The molecule has 0 radical (unpaired) electrons. The van der Waals surface area contributed by atoms with Crippen molar-refractivity contribution in [1.29, 1.82) is 0 Å². The first kappa shape index (κ1) is 13.4. The first-order valence-electron chi connectivity index (χ1n) is 5.59. The van der Waals surface area contributed by atoms with Crippen molar-refractivity contribution in [3.05, 3.63) is 0 Å². The topological polar surface area (TPSA) is 59.0 Å². The van der Waals surface area contributed by atoms with Crippen LogP contribution < -0.4 is 0 Å². The highest BCUT2D eigenvalue weighted by Gasteiger charge is 2.40. The van der Waals surface area contributed by atoms with Crippen molar-refractivity contribution in [3.63, 3.8) is 0 Å². The Morgan fingerprint density at radius 3 is 2.62 bits per heavy atom. The molecular formula is C11H21NO4. The van der Waals surface area contributed by atoms with E-state index in [2.05, 4.69) is 0 Å². The summed E-state index contributed by atoms with van der Waals surface area (Å²) in [5.74, 6) is -0.708. The fourth-order valence-corrected chi connectivity index (χ4v) is 2.04. The molecule has 1 saturated heterocycles.